The van der Waals surface area contributed by atoms with E-state index in [1.54, 1.807) is 0 Å². The summed E-state index contributed by atoms with van der Waals surface area (Å²) in [6.45, 7) is 4.20. The fourth-order valence-electron chi connectivity index (χ4n) is 1.38. The van der Waals surface area contributed by atoms with E-state index in [0.29, 0.717) is 5.92 Å². The predicted molar refractivity (Wildman–Crippen MR) is 49.0 cm³/mol. The van der Waals surface area contributed by atoms with Crippen LogP contribution < -0.4 is 0 Å². The number of rotatable bonds is 1. The van der Waals surface area contributed by atoms with Gasteiger partial charge in [-0.15, -0.1) is 0 Å². The smallest absolute Gasteiger partial charge is 0.193 e. The molecule has 0 aromatic carbocycles. The summed E-state index contributed by atoms with van der Waals surface area (Å²) in [7, 11) is 0. The van der Waals surface area contributed by atoms with Crippen molar-refractivity contribution in [2.75, 3.05) is 0 Å². The van der Waals surface area contributed by atoms with Gasteiger partial charge in [0, 0.05) is 5.92 Å². The van der Waals surface area contributed by atoms with Crippen molar-refractivity contribution in [2.24, 2.45) is 10.9 Å². The Hall–Kier alpha value is -1.05. The second-order valence-corrected chi connectivity index (χ2v) is 3.47. The minimum Gasteiger partial charge on any atom is -0.445 e. The van der Waals surface area contributed by atoms with Crippen LogP contribution in [-0.4, -0.2) is 11.9 Å². The van der Waals surface area contributed by atoms with Crippen LogP contribution in [0.1, 0.15) is 20.3 Å². The molecule has 1 heterocycles. The minimum atomic E-state index is 0.271. The summed E-state index contributed by atoms with van der Waals surface area (Å²) in [5.74, 6) is 2.30. The van der Waals surface area contributed by atoms with Crippen molar-refractivity contribution in [1.29, 1.82) is 0 Å². The molecule has 0 amide bonds. The maximum atomic E-state index is 5.59. The molecular weight excluding hydrogens is 150 g/mol. The molecule has 2 aliphatic rings. The number of allylic oxidation sites excluding steroid dienone is 2. The van der Waals surface area contributed by atoms with Crippen LogP contribution in [0.2, 0.25) is 0 Å². The van der Waals surface area contributed by atoms with Crippen molar-refractivity contribution in [3.05, 3.63) is 24.0 Å². The number of ether oxygens (including phenoxy) is 1. The van der Waals surface area contributed by atoms with Crippen molar-refractivity contribution in [3.63, 3.8) is 0 Å². The number of hydrogen-bond acceptors (Lipinski definition) is 2. The van der Waals surface area contributed by atoms with Gasteiger partial charge in [-0.2, -0.15) is 0 Å². The highest BCUT2D eigenvalue weighted by molar-refractivity contribution is 5.81. The molecule has 2 rings (SSSR count). The van der Waals surface area contributed by atoms with Crippen molar-refractivity contribution >= 4 is 5.90 Å². The van der Waals surface area contributed by atoms with Crippen LogP contribution in [0, 0.1) is 5.92 Å². The molecule has 0 bridgehead atoms. The Kier molecular flexibility index (Phi) is 1.75. The second kappa shape index (κ2) is 2.77. The molecule has 0 saturated carbocycles. The molecule has 0 spiro atoms. The summed E-state index contributed by atoms with van der Waals surface area (Å²) in [6, 6.07) is 0.271. The van der Waals surface area contributed by atoms with E-state index in [0.717, 1.165) is 18.1 Å². The Morgan fingerprint density at radius 2 is 2.42 bits per heavy atom. The zero-order chi connectivity index (χ0) is 8.55. The standard InChI is InChI=1S/C10H13NO/c1-7(2)10-11-8-5-3-4-6-9(8)12-10/h3-4,6-8H,5H2,1-2H3. The highest BCUT2D eigenvalue weighted by Crippen LogP contribution is 2.26. The number of aliphatic imine (C=N–C) groups is 1. The first-order valence-electron chi connectivity index (χ1n) is 4.39. The minimum absolute atomic E-state index is 0.271. The van der Waals surface area contributed by atoms with Gasteiger partial charge in [0.15, 0.2) is 5.90 Å². The van der Waals surface area contributed by atoms with Gasteiger partial charge >= 0.3 is 0 Å². The van der Waals surface area contributed by atoms with E-state index in [4.69, 9.17) is 4.74 Å². The lowest BCUT2D eigenvalue weighted by atomic mass is 10.1. The molecule has 0 saturated heterocycles. The molecule has 1 atom stereocenters. The zero-order valence-electron chi connectivity index (χ0n) is 7.45. The first kappa shape index (κ1) is 7.59. The van der Waals surface area contributed by atoms with E-state index in [9.17, 15) is 0 Å². The third kappa shape index (κ3) is 1.17. The second-order valence-electron chi connectivity index (χ2n) is 3.47. The first-order valence-corrected chi connectivity index (χ1v) is 4.39. The maximum Gasteiger partial charge on any atom is 0.193 e. The monoisotopic (exact) mass is 163 g/mol. The van der Waals surface area contributed by atoms with Gasteiger partial charge in [0.1, 0.15) is 11.8 Å². The van der Waals surface area contributed by atoms with Crippen LogP contribution in [0.15, 0.2) is 29.0 Å². The number of hydrogen-bond donors (Lipinski definition) is 0. The molecule has 1 aliphatic heterocycles. The maximum absolute atomic E-state index is 5.59. The summed E-state index contributed by atoms with van der Waals surface area (Å²) in [5.41, 5.74) is 0. The highest BCUT2D eigenvalue weighted by Gasteiger charge is 2.26. The van der Waals surface area contributed by atoms with Gasteiger partial charge < -0.3 is 4.74 Å². The van der Waals surface area contributed by atoms with E-state index in [2.05, 4.69) is 24.9 Å². The molecule has 0 fully saturated rings. The SMILES string of the molecule is CC(C)C1=NC2CC=CC=C2O1. The van der Waals surface area contributed by atoms with E-state index < -0.39 is 0 Å². The van der Waals surface area contributed by atoms with Gasteiger partial charge in [0.2, 0.25) is 0 Å². The molecule has 0 aromatic rings. The van der Waals surface area contributed by atoms with Gasteiger partial charge in [-0.05, 0) is 12.5 Å². The fraction of sp³-hybridized carbons (Fsp3) is 0.500. The summed E-state index contributed by atoms with van der Waals surface area (Å²) in [4.78, 5) is 4.48. The normalized spacial score (nSPS) is 26.4. The third-order valence-electron chi connectivity index (χ3n) is 2.08. The summed E-state index contributed by atoms with van der Waals surface area (Å²) in [6.07, 6.45) is 7.16. The van der Waals surface area contributed by atoms with Gasteiger partial charge in [-0.1, -0.05) is 26.0 Å². The van der Waals surface area contributed by atoms with Crippen molar-refractivity contribution < 1.29 is 4.74 Å². The largest absolute Gasteiger partial charge is 0.445 e. The third-order valence-corrected chi connectivity index (χ3v) is 2.08. The van der Waals surface area contributed by atoms with Crippen molar-refractivity contribution in [3.8, 4) is 0 Å². The number of nitrogens with zero attached hydrogens (tertiary/aromatic N) is 1. The Morgan fingerprint density at radius 3 is 3.08 bits per heavy atom. The molecule has 0 aromatic heterocycles. The lowest BCUT2D eigenvalue weighted by Crippen LogP contribution is -2.07. The molecule has 1 unspecified atom stereocenters. The average molecular weight is 163 g/mol. The van der Waals surface area contributed by atoms with Crippen LogP contribution in [0.25, 0.3) is 0 Å². The van der Waals surface area contributed by atoms with E-state index in [-0.39, 0.29) is 6.04 Å². The predicted octanol–water partition coefficient (Wildman–Crippen LogP) is 2.28. The van der Waals surface area contributed by atoms with Crippen LogP contribution in [0.3, 0.4) is 0 Å². The Morgan fingerprint density at radius 1 is 1.58 bits per heavy atom. The molecule has 64 valence electrons. The summed E-state index contributed by atoms with van der Waals surface area (Å²) >= 11 is 0. The van der Waals surface area contributed by atoms with E-state index >= 15 is 0 Å². The molecule has 0 N–H and O–H groups in total. The lowest BCUT2D eigenvalue weighted by molar-refractivity contribution is 0.391. The van der Waals surface area contributed by atoms with Crippen molar-refractivity contribution in [1.82, 2.24) is 0 Å². The Bertz CT molecular complexity index is 274. The topological polar surface area (TPSA) is 21.6 Å². The quantitative estimate of drug-likeness (QED) is 0.581. The van der Waals surface area contributed by atoms with Crippen LogP contribution in [-0.2, 0) is 4.74 Å². The molecule has 2 heteroatoms. The molecule has 1 aliphatic carbocycles. The molecule has 12 heavy (non-hydrogen) atoms. The highest BCUT2D eigenvalue weighted by atomic mass is 16.5. The van der Waals surface area contributed by atoms with Gasteiger partial charge in [-0.25, -0.2) is 4.99 Å². The Labute approximate surface area is 72.6 Å². The van der Waals surface area contributed by atoms with Crippen LogP contribution >= 0.6 is 0 Å². The number of fused-ring (bicyclic) bond motifs is 1. The van der Waals surface area contributed by atoms with E-state index in [1.807, 2.05) is 12.2 Å². The van der Waals surface area contributed by atoms with Gasteiger partial charge in [0.05, 0.1) is 0 Å². The van der Waals surface area contributed by atoms with Crippen LogP contribution in [0.4, 0.5) is 0 Å². The molecule has 0 radical (unpaired) electrons. The van der Waals surface area contributed by atoms with Gasteiger partial charge in [-0.3, -0.25) is 0 Å². The van der Waals surface area contributed by atoms with Crippen molar-refractivity contribution in [2.45, 2.75) is 26.3 Å². The fourth-order valence-corrected chi connectivity index (χ4v) is 1.38. The Balaban J connectivity index is 2.18. The molecule has 2 nitrogen and oxygen atoms in total. The lowest BCUT2D eigenvalue weighted by Gasteiger charge is -2.08. The zero-order valence-corrected chi connectivity index (χ0v) is 7.45. The van der Waals surface area contributed by atoms with Crippen LogP contribution in [0.5, 0.6) is 0 Å². The average Bonchev–Trinajstić information content (AvgIpc) is 2.46. The van der Waals surface area contributed by atoms with Gasteiger partial charge in [0.25, 0.3) is 0 Å². The summed E-state index contributed by atoms with van der Waals surface area (Å²) in [5, 5.41) is 0. The summed E-state index contributed by atoms with van der Waals surface area (Å²) < 4.78 is 5.59. The molecular formula is C10H13NO. The first-order chi connectivity index (χ1) is 5.77. The van der Waals surface area contributed by atoms with E-state index in [1.165, 1.54) is 0 Å².